The zero-order valence-corrected chi connectivity index (χ0v) is 21.7. The second kappa shape index (κ2) is 11.5. The first-order chi connectivity index (χ1) is 18.5. The van der Waals surface area contributed by atoms with Gasteiger partial charge in [-0.2, -0.15) is 13.2 Å². The van der Waals surface area contributed by atoms with Crippen molar-refractivity contribution in [3.63, 3.8) is 0 Å². The summed E-state index contributed by atoms with van der Waals surface area (Å²) in [7, 11) is 1.46. The number of carbonyl (C=O) groups is 3. The van der Waals surface area contributed by atoms with E-state index in [0.29, 0.717) is 28.3 Å². The number of benzodiazepines with no additional fused rings is 1. The van der Waals surface area contributed by atoms with Gasteiger partial charge >= 0.3 is 6.18 Å². The number of amides is 3. The molecule has 0 unspecified atom stereocenters. The van der Waals surface area contributed by atoms with Crippen LogP contribution in [-0.2, 0) is 14.4 Å². The molecule has 0 radical (unpaired) electrons. The first-order valence-corrected chi connectivity index (χ1v) is 12.8. The van der Waals surface area contributed by atoms with E-state index in [1.807, 2.05) is 31.2 Å². The Hall–Kier alpha value is -3.89. The molecular weight excluding hydrogens is 513 g/mol. The van der Waals surface area contributed by atoms with E-state index in [-0.39, 0.29) is 12.3 Å². The lowest BCUT2D eigenvalue weighted by atomic mass is 9.83. The van der Waals surface area contributed by atoms with Crippen LogP contribution in [0.2, 0.25) is 0 Å². The number of ether oxygens (including phenoxy) is 1. The van der Waals surface area contributed by atoms with E-state index in [2.05, 4.69) is 15.6 Å². The molecule has 8 nitrogen and oxygen atoms in total. The molecule has 3 atom stereocenters. The molecule has 2 aromatic carbocycles. The third-order valence-electron chi connectivity index (χ3n) is 7.04. The standard InChI is InChI=1S/C28H31F3N4O4/c1-15-5-3-6-17(13-15)22-19-7-4-8-21(39-2)23(19)34-27(38)25(33-22)35-26(37)20(14-16-9-10-16)18(24(32)36)11-12-28(29,30)31/h3-8,13,16,18,20,25H,9-12,14H2,1-2H3,(H2,32,36)(H,34,38)(H,35,37)/t18-,20+,25-/m1/s1. The molecule has 39 heavy (non-hydrogen) atoms. The van der Waals surface area contributed by atoms with Crippen LogP contribution in [0, 0.1) is 24.7 Å². The number of nitrogens with two attached hydrogens (primary N) is 1. The fourth-order valence-electron chi connectivity index (χ4n) is 4.87. The van der Waals surface area contributed by atoms with Gasteiger partial charge in [-0.05, 0) is 37.8 Å². The molecule has 1 fully saturated rings. The molecule has 0 saturated heterocycles. The fraction of sp³-hybridized carbons (Fsp3) is 0.429. The number of halogens is 3. The van der Waals surface area contributed by atoms with Crippen molar-refractivity contribution in [1.29, 1.82) is 0 Å². The summed E-state index contributed by atoms with van der Waals surface area (Å²) in [5, 5.41) is 5.36. The summed E-state index contributed by atoms with van der Waals surface area (Å²) in [6.45, 7) is 1.91. The molecule has 4 rings (SSSR count). The first-order valence-electron chi connectivity index (χ1n) is 12.8. The number of carbonyl (C=O) groups excluding carboxylic acids is 3. The Labute approximate surface area is 224 Å². The number of hydrogen-bond donors (Lipinski definition) is 3. The number of alkyl halides is 3. The summed E-state index contributed by atoms with van der Waals surface area (Å²) in [6.07, 6.45) is -5.96. The fourth-order valence-corrected chi connectivity index (χ4v) is 4.87. The minimum atomic E-state index is -4.51. The molecule has 2 aromatic rings. The number of nitrogens with zero attached hydrogens (tertiary/aromatic N) is 1. The van der Waals surface area contributed by atoms with Gasteiger partial charge in [-0.1, -0.05) is 48.7 Å². The number of anilines is 1. The maximum atomic E-state index is 13.5. The van der Waals surface area contributed by atoms with E-state index in [9.17, 15) is 27.6 Å². The summed E-state index contributed by atoms with van der Waals surface area (Å²) in [5.41, 5.74) is 8.47. The van der Waals surface area contributed by atoms with Crippen molar-refractivity contribution in [1.82, 2.24) is 5.32 Å². The minimum Gasteiger partial charge on any atom is -0.495 e. The molecule has 1 saturated carbocycles. The van der Waals surface area contributed by atoms with Gasteiger partial charge in [-0.25, -0.2) is 4.99 Å². The Bertz CT molecular complexity index is 1290. The average Bonchev–Trinajstić information content (AvgIpc) is 3.70. The number of methoxy groups -OCH3 is 1. The van der Waals surface area contributed by atoms with Crippen LogP contribution in [0.15, 0.2) is 47.5 Å². The Morgan fingerprint density at radius 2 is 1.90 bits per heavy atom. The van der Waals surface area contributed by atoms with Crippen molar-refractivity contribution in [2.75, 3.05) is 12.4 Å². The molecule has 0 aromatic heterocycles. The highest BCUT2D eigenvalue weighted by Crippen LogP contribution is 2.39. The number of aryl methyl sites for hydroxylation is 1. The highest BCUT2D eigenvalue weighted by molar-refractivity contribution is 6.20. The van der Waals surface area contributed by atoms with E-state index >= 15 is 0 Å². The third-order valence-corrected chi connectivity index (χ3v) is 7.04. The maximum Gasteiger partial charge on any atom is 0.389 e. The predicted molar refractivity (Wildman–Crippen MR) is 139 cm³/mol. The molecule has 0 spiro atoms. The van der Waals surface area contributed by atoms with Gasteiger partial charge in [0.1, 0.15) is 5.75 Å². The number of fused-ring (bicyclic) bond motifs is 1. The van der Waals surface area contributed by atoms with Crippen molar-refractivity contribution in [3.8, 4) is 5.75 Å². The lowest BCUT2D eigenvalue weighted by molar-refractivity contribution is -0.146. The zero-order valence-electron chi connectivity index (χ0n) is 21.7. The molecule has 11 heteroatoms. The minimum absolute atomic E-state index is 0.108. The Kier molecular flexibility index (Phi) is 8.27. The number of nitrogens with one attached hydrogen (secondary N) is 2. The van der Waals surface area contributed by atoms with Crippen LogP contribution < -0.4 is 21.1 Å². The van der Waals surface area contributed by atoms with Gasteiger partial charge < -0.3 is 21.1 Å². The molecule has 1 heterocycles. The Balaban J connectivity index is 1.69. The Morgan fingerprint density at radius 3 is 2.51 bits per heavy atom. The Morgan fingerprint density at radius 1 is 1.18 bits per heavy atom. The van der Waals surface area contributed by atoms with Gasteiger partial charge in [0.2, 0.25) is 18.0 Å². The highest BCUT2D eigenvalue weighted by atomic mass is 19.4. The van der Waals surface area contributed by atoms with Crippen LogP contribution in [0.3, 0.4) is 0 Å². The number of primary amides is 1. The monoisotopic (exact) mass is 544 g/mol. The topological polar surface area (TPSA) is 123 Å². The maximum absolute atomic E-state index is 13.5. The van der Waals surface area contributed by atoms with Crippen molar-refractivity contribution in [2.45, 2.75) is 51.4 Å². The van der Waals surface area contributed by atoms with Gasteiger partial charge in [-0.3, -0.25) is 14.4 Å². The van der Waals surface area contributed by atoms with Gasteiger partial charge in [-0.15, -0.1) is 0 Å². The second-order valence-electron chi connectivity index (χ2n) is 10.1. The van der Waals surface area contributed by atoms with Gasteiger partial charge in [0.05, 0.1) is 18.5 Å². The van der Waals surface area contributed by atoms with Crippen molar-refractivity contribution >= 4 is 29.1 Å². The summed E-state index contributed by atoms with van der Waals surface area (Å²) < 4.78 is 44.4. The van der Waals surface area contributed by atoms with Gasteiger partial charge in [0, 0.05) is 29.4 Å². The number of hydrogen-bond acceptors (Lipinski definition) is 5. The molecule has 0 bridgehead atoms. The molecule has 1 aliphatic heterocycles. The van der Waals surface area contributed by atoms with E-state index in [1.54, 1.807) is 18.2 Å². The summed E-state index contributed by atoms with van der Waals surface area (Å²) in [5.74, 6) is -4.34. The van der Waals surface area contributed by atoms with Crippen LogP contribution >= 0.6 is 0 Å². The molecule has 3 amide bonds. The molecule has 4 N–H and O–H groups in total. The van der Waals surface area contributed by atoms with Crippen LogP contribution in [0.25, 0.3) is 0 Å². The predicted octanol–water partition coefficient (Wildman–Crippen LogP) is 4.10. The van der Waals surface area contributed by atoms with E-state index in [0.717, 1.165) is 18.4 Å². The van der Waals surface area contributed by atoms with Crippen LogP contribution in [-0.4, -0.2) is 42.9 Å². The lowest BCUT2D eigenvalue weighted by Gasteiger charge is -2.26. The first kappa shape index (κ1) is 28.1. The second-order valence-corrected chi connectivity index (χ2v) is 10.1. The molecule has 208 valence electrons. The van der Waals surface area contributed by atoms with Crippen molar-refractivity contribution in [3.05, 3.63) is 59.2 Å². The van der Waals surface area contributed by atoms with E-state index in [4.69, 9.17) is 10.5 Å². The quantitative estimate of drug-likeness (QED) is 0.417. The van der Waals surface area contributed by atoms with Crippen molar-refractivity contribution < 1.29 is 32.3 Å². The smallest absolute Gasteiger partial charge is 0.389 e. The largest absolute Gasteiger partial charge is 0.495 e. The normalized spacial score (nSPS) is 18.6. The summed E-state index contributed by atoms with van der Waals surface area (Å²) in [6, 6.07) is 12.6. The SMILES string of the molecule is COc1cccc2c1NC(=O)[C@@H](NC(=O)[C@@H](CC1CC1)[C@@H](CCC(F)(F)F)C(N)=O)N=C2c1cccc(C)c1. The van der Waals surface area contributed by atoms with E-state index in [1.165, 1.54) is 7.11 Å². The summed E-state index contributed by atoms with van der Waals surface area (Å²) in [4.78, 5) is 43.7. The lowest BCUT2D eigenvalue weighted by Crippen LogP contribution is -2.48. The van der Waals surface area contributed by atoms with Gasteiger partial charge in [0.25, 0.3) is 5.91 Å². The molecule has 1 aliphatic carbocycles. The van der Waals surface area contributed by atoms with Crippen molar-refractivity contribution in [2.24, 2.45) is 28.5 Å². The summed E-state index contributed by atoms with van der Waals surface area (Å²) >= 11 is 0. The number of benzene rings is 2. The molecular formula is C28H31F3N4O4. The molecule has 2 aliphatic rings. The van der Waals surface area contributed by atoms with Crippen LogP contribution in [0.4, 0.5) is 18.9 Å². The van der Waals surface area contributed by atoms with Crippen LogP contribution in [0.1, 0.15) is 48.8 Å². The number of para-hydroxylation sites is 1. The highest BCUT2D eigenvalue weighted by Gasteiger charge is 2.41. The number of aliphatic imine (C=N–C) groups is 1. The van der Waals surface area contributed by atoms with Crippen LogP contribution in [0.5, 0.6) is 5.75 Å². The van der Waals surface area contributed by atoms with Gasteiger partial charge in [0.15, 0.2) is 0 Å². The average molecular weight is 545 g/mol. The third kappa shape index (κ3) is 6.96. The zero-order chi connectivity index (χ0) is 28.3. The number of rotatable bonds is 10. The van der Waals surface area contributed by atoms with E-state index < -0.39 is 54.7 Å².